The van der Waals surface area contributed by atoms with Crippen molar-refractivity contribution in [1.82, 2.24) is 9.88 Å². The van der Waals surface area contributed by atoms with Crippen LogP contribution in [0, 0.1) is 0 Å². The van der Waals surface area contributed by atoms with Crippen molar-refractivity contribution in [2.24, 2.45) is 0 Å². The zero-order chi connectivity index (χ0) is 15.4. The Morgan fingerprint density at radius 1 is 1.43 bits per heavy atom. The van der Waals surface area contributed by atoms with Crippen LogP contribution in [0.15, 0.2) is 29.4 Å². The average molecular weight is 322 g/mol. The Bertz CT molecular complexity index is 625. The molecule has 3 N–H and O–H groups in total. The van der Waals surface area contributed by atoms with Crippen LogP contribution in [-0.2, 0) is 6.54 Å². The molecule has 0 atom stereocenters. The van der Waals surface area contributed by atoms with Crippen LogP contribution in [0.2, 0.25) is 0 Å². The third-order valence-corrected chi connectivity index (χ3v) is 5.02. The fraction of sp³-hybridized carbons (Fsp3) is 0.286. The quantitative estimate of drug-likeness (QED) is 0.828. The van der Waals surface area contributed by atoms with Crippen molar-refractivity contribution < 1.29 is 4.79 Å². The fourth-order valence-corrected chi connectivity index (χ4v) is 3.84. The maximum absolute atomic E-state index is 12.1. The number of pyridine rings is 1. The monoisotopic (exact) mass is 322 g/mol. The number of amides is 1. The van der Waals surface area contributed by atoms with Gasteiger partial charge in [0.2, 0.25) is 0 Å². The van der Waals surface area contributed by atoms with E-state index in [0.717, 1.165) is 15.5 Å². The lowest BCUT2D eigenvalue weighted by atomic mass is 10.3. The number of thioether (sulfide) groups is 1. The smallest absolute Gasteiger partial charge is 0.265 e. The summed E-state index contributed by atoms with van der Waals surface area (Å²) in [5, 5.41) is 4.29. The minimum atomic E-state index is -0.0650. The molecule has 0 unspecified atom stereocenters. The summed E-state index contributed by atoms with van der Waals surface area (Å²) in [5.41, 5.74) is 7.80. The van der Waals surface area contributed by atoms with Gasteiger partial charge in [0.05, 0.1) is 10.6 Å². The third kappa shape index (κ3) is 3.48. The summed E-state index contributed by atoms with van der Waals surface area (Å²) in [6.07, 6.45) is 5.48. The van der Waals surface area contributed by atoms with Gasteiger partial charge in [0, 0.05) is 33.0 Å². The van der Waals surface area contributed by atoms with Gasteiger partial charge in [-0.2, -0.15) is 0 Å². The van der Waals surface area contributed by atoms with Crippen molar-refractivity contribution in [1.29, 1.82) is 0 Å². The SMILES string of the molecule is CSc1c(NCc2ccncc2)sc(C(=O)N(C)C)c1N. The molecule has 0 aliphatic rings. The van der Waals surface area contributed by atoms with E-state index in [1.54, 1.807) is 43.2 Å². The van der Waals surface area contributed by atoms with E-state index in [2.05, 4.69) is 10.3 Å². The number of nitrogens with one attached hydrogen (secondary N) is 1. The Balaban J connectivity index is 2.23. The number of nitrogen functional groups attached to an aromatic ring is 1. The number of carbonyl (C=O) groups excluding carboxylic acids is 1. The molecule has 0 fully saturated rings. The third-order valence-electron chi connectivity index (χ3n) is 2.91. The highest BCUT2D eigenvalue weighted by Crippen LogP contribution is 2.42. The predicted octanol–water partition coefficient (Wildman–Crippen LogP) is 2.76. The Labute approximate surface area is 132 Å². The Morgan fingerprint density at radius 3 is 2.67 bits per heavy atom. The van der Waals surface area contributed by atoms with E-state index in [-0.39, 0.29) is 5.91 Å². The van der Waals surface area contributed by atoms with Crippen LogP contribution in [0.1, 0.15) is 15.2 Å². The Morgan fingerprint density at radius 2 is 2.10 bits per heavy atom. The maximum Gasteiger partial charge on any atom is 0.265 e. The van der Waals surface area contributed by atoms with E-state index >= 15 is 0 Å². The minimum Gasteiger partial charge on any atom is -0.396 e. The summed E-state index contributed by atoms with van der Waals surface area (Å²) in [7, 11) is 3.45. The summed E-state index contributed by atoms with van der Waals surface area (Å²) in [5.74, 6) is -0.0650. The van der Waals surface area contributed by atoms with Gasteiger partial charge in [-0.05, 0) is 24.0 Å². The second-order valence-corrected chi connectivity index (χ2v) is 6.45. The van der Waals surface area contributed by atoms with Crippen LogP contribution < -0.4 is 11.1 Å². The Kier molecular flexibility index (Phi) is 5.08. The van der Waals surface area contributed by atoms with Gasteiger partial charge >= 0.3 is 0 Å². The lowest BCUT2D eigenvalue weighted by molar-refractivity contribution is 0.0833. The van der Waals surface area contributed by atoms with Crippen molar-refractivity contribution in [2.75, 3.05) is 31.4 Å². The zero-order valence-corrected chi connectivity index (χ0v) is 13.8. The number of nitrogens with two attached hydrogens (primary N) is 1. The molecule has 2 rings (SSSR count). The lowest BCUT2D eigenvalue weighted by Gasteiger charge is -2.08. The van der Waals surface area contributed by atoms with E-state index in [1.165, 1.54) is 11.3 Å². The first-order valence-electron chi connectivity index (χ1n) is 6.35. The number of rotatable bonds is 5. The maximum atomic E-state index is 12.1. The zero-order valence-electron chi connectivity index (χ0n) is 12.2. The van der Waals surface area contributed by atoms with Crippen molar-refractivity contribution in [3.8, 4) is 0 Å². The number of thiophene rings is 1. The molecule has 112 valence electrons. The topological polar surface area (TPSA) is 71.2 Å². The standard InChI is InChI=1S/C14H18N4OS2/c1-18(2)14(19)12-10(15)11(20-3)13(21-12)17-8-9-4-6-16-7-5-9/h4-7,17H,8,15H2,1-3H3. The number of hydrogen-bond acceptors (Lipinski definition) is 6. The second-order valence-electron chi connectivity index (χ2n) is 4.62. The highest BCUT2D eigenvalue weighted by atomic mass is 32.2. The minimum absolute atomic E-state index is 0.0650. The van der Waals surface area contributed by atoms with Crippen LogP contribution >= 0.6 is 23.1 Å². The van der Waals surface area contributed by atoms with Crippen molar-refractivity contribution in [2.45, 2.75) is 11.4 Å². The van der Waals surface area contributed by atoms with Gasteiger partial charge in [-0.25, -0.2) is 0 Å². The molecular weight excluding hydrogens is 304 g/mol. The van der Waals surface area contributed by atoms with E-state index in [1.807, 2.05) is 18.4 Å². The summed E-state index contributed by atoms with van der Waals surface area (Å²) in [6, 6.07) is 3.91. The van der Waals surface area contributed by atoms with E-state index in [9.17, 15) is 4.79 Å². The average Bonchev–Trinajstić information content (AvgIpc) is 2.81. The van der Waals surface area contributed by atoms with E-state index in [4.69, 9.17) is 5.73 Å². The first-order valence-corrected chi connectivity index (χ1v) is 8.39. The van der Waals surface area contributed by atoms with Gasteiger partial charge in [-0.3, -0.25) is 9.78 Å². The molecule has 0 aliphatic heterocycles. The number of hydrogen-bond donors (Lipinski definition) is 2. The van der Waals surface area contributed by atoms with Crippen LogP contribution in [-0.4, -0.2) is 36.1 Å². The molecule has 21 heavy (non-hydrogen) atoms. The molecule has 0 saturated carbocycles. The molecule has 0 saturated heterocycles. The molecule has 5 nitrogen and oxygen atoms in total. The molecule has 7 heteroatoms. The summed E-state index contributed by atoms with van der Waals surface area (Å²) >= 11 is 2.95. The molecule has 0 radical (unpaired) electrons. The number of nitrogens with zero attached hydrogens (tertiary/aromatic N) is 2. The molecule has 0 spiro atoms. The summed E-state index contributed by atoms with van der Waals surface area (Å²) in [6.45, 7) is 0.672. The van der Waals surface area contributed by atoms with Gasteiger partial charge in [0.25, 0.3) is 5.91 Å². The van der Waals surface area contributed by atoms with E-state index < -0.39 is 0 Å². The van der Waals surface area contributed by atoms with Gasteiger partial charge < -0.3 is 16.0 Å². The molecule has 0 aliphatic carbocycles. The summed E-state index contributed by atoms with van der Waals surface area (Å²) in [4.78, 5) is 19.2. The van der Waals surface area contributed by atoms with Gasteiger partial charge in [0.15, 0.2) is 0 Å². The summed E-state index contributed by atoms with van der Waals surface area (Å²) < 4.78 is 0. The molecule has 0 aromatic carbocycles. The number of anilines is 2. The highest BCUT2D eigenvalue weighted by molar-refractivity contribution is 7.99. The van der Waals surface area contributed by atoms with Crippen molar-refractivity contribution in [3.63, 3.8) is 0 Å². The molecule has 0 bridgehead atoms. The first kappa shape index (κ1) is 15.7. The normalized spacial score (nSPS) is 10.4. The molecule has 2 aromatic heterocycles. The van der Waals surface area contributed by atoms with E-state index in [0.29, 0.717) is 17.1 Å². The molecule has 1 amide bonds. The van der Waals surface area contributed by atoms with Gasteiger partial charge in [-0.1, -0.05) is 0 Å². The molecular formula is C14H18N4OS2. The predicted molar refractivity (Wildman–Crippen MR) is 90.1 cm³/mol. The fourth-order valence-electron chi connectivity index (χ4n) is 1.79. The van der Waals surface area contributed by atoms with Crippen molar-refractivity contribution in [3.05, 3.63) is 35.0 Å². The highest BCUT2D eigenvalue weighted by Gasteiger charge is 2.21. The Hall–Kier alpha value is -1.73. The first-order chi connectivity index (χ1) is 10.0. The van der Waals surface area contributed by atoms with Crippen molar-refractivity contribution >= 4 is 39.7 Å². The number of carbonyl (C=O) groups is 1. The van der Waals surface area contributed by atoms with Crippen LogP contribution in [0.4, 0.5) is 10.7 Å². The van der Waals surface area contributed by atoms with Crippen LogP contribution in [0.3, 0.4) is 0 Å². The van der Waals surface area contributed by atoms with Crippen LogP contribution in [0.5, 0.6) is 0 Å². The van der Waals surface area contributed by atoms with Crippen LogP contribution in [0.25, 0.3) is 0 Å². The molecule has 2 aromatic rings. The van der Waals surface area contributed by atoms with Gasteiger partial charge in [-0.15, -0.1) is 23.1 Å². The largest absolute Gasteiger partial charge is 0.396 e. The molecule has 2 heterocycles. The number of aromatic nitrogens is 1. The second kappa shape index (κ2) is 6.82. The van der Waals surface area contributed by atoms with Gasteiger partial charge in [0.1, 0.15) is 9.88 Å². The lowest BCUT2D eigenvalue weighted by Crippen LogP contribution is -2.21.